The number of rotatable bonds is 7. The summed E-state index contributed by atoms with van der Waals surface area (Å²) in [5.41, 5.74) is 3.66. The topological polar surface area (TPSA) is 34.2 Å². The Hall–Kier alpha value is -2.65. The highest BCUT2D eigenvalue weighted by Gasteiger charge is 2.05. The predicted octanol–water partition coefficient (Wildman–Crippen LogP) is 4.51. The predicted molar refractivity (Wildman–Crippen MR) is 96.7 cm³/mol. The van der Waals surface area contributed by atoms with Gasteiger partial charge < -0.3 is 10.1 Å². The Morgan fingerprint density at radius 3 is 2.29 bits per heavy atom. The maximum absolute atomic E-state index is 5.83. The second-order valence-electron chi connectivity index (χ2n) is 5.80. The molecule has 0 fully saturated rings. The van der Waals surface area contributed by atoms with Gasteiger partial charge in [0, 0.05) is 25.0 Å². The fourth-order valence-corrected chi connectivity index (χ4v) is 2.48. The van der Waals surface area contributed by atoms with Crippen molar-refractivity contribution < 1.29 is 4.74 Å². The molecule has 0 radical (unpaired) electrons. The van der Waals surface area contributed by atoms with Gasteiger partial charge in [0.25, 0.3) is 0 Å². The number of nitrogens with zero attached hydrogens (tertiary/aromatic N) is 1. The van der Waals surface area contributed by atoms with Gasteiger partial charge in [0.2, 0.25) is 0 Å². The van der Waals surface area contributed by atoms with Gasteiger partial charge in [0.1, 0.15) is 12.4 Å². The van der Waals surface area contributed by atoms with Crippen LogP contribution in [0.2, 0.25) is 0 Å². The molecule has 1 atom stereocenters. The fraction of sp³-hybridized carbons (Fsp3) is 0.190. The van der Waals surface area contributed by atoms with Gasteiger partial charge in [-0.25, -0.2) is 0 Å². The van der Waals surface area contributed by atoms with E-state index in [9.17, 15) is 0 Å². The Morgan fingerprint density at radius 1 is 0.875 bits per heavy atom. The first-order valence-corrected chi connectivity index (χ1v) is 8.20. The summed E-state index contributed by atoms with van der Waals surface area (Å²) < 4.78 is 5.83. The van der Waals surface area contributed by atoms with Crippen molar-refractivity contribution in [2.45, 2.75) is 26.1 Å². The summed E-state index contributed by atoms with van der Waals surface area (Å²) in [6.07, 6.45) is 3.64. The smallest absolute Gasteiger partial charge is 0.119 e. The average molecular weight is 318 g/mol. The lowest BCUT2D eigenvalue weighted by molar-refractivity contribution is 0.306. The van der Waals surface area contributed by atoms with Crippen LogP contribution in [0.5, 0.6) is 5.75 Å². The van der Waals surface area contributed by atoms with Crippen molar-refractivity contribution in [2.24, 2.45) is 0 Å². The summed E-state index contributed by atoms with van der Waals surface area (Å²) in [5.74, 6) is 0.893. The quantitative estimate of drug-likeness (QED) is 0.696. The van der Waals surface area contributed by atoms with Crippen LogP contribution in [0.4, 0.5) is 0 Å². The normalized spacial score (nSPS) is 11.9. The molecule has 0 aliphatic carbocycles. The molecule has 1 N–H and O–H groups in total. The summed E-state index contributed by atoms with van der Waals surface area (Å²) in [5, 5.41) is 3.52. The summed E-state index contributed by atoms with van der Waals surface area (Å²) >= 11 is 0. The molecule has 3 heteroatoms. The molecule has 0 saturated heterocycles. The lowest BCUT2D eigenvalue weighted by atomic mass is 10.1. The molecule has 1 unspecified atom stereocenters. The zero-order valence-corrected chi connectivity index (χ0v) is 13.9. The average Bonchev–Trinajstić information content (AvgIpc) is 2.66. The number of benzene rings is 2. The second-order valence-corrected chi connectivity index (χ2v) is 5.80. The van der Waals surface area contributed by atoms with Gasteiger partial charge in [-0.15, -0.1) is 0 Å². The van der Waals surface area contributed by atoms with Gasteiger partial charge >= 0.3 is 0 Å². The van der Waals surface area contributed by atoms with E-state index in [1.54, 1.807) is 0 Å². The van der Waals surface area contributed by atoms with Crippen LogP contribution in [0.15, 0.2) is 79.1 Å². The largest absolute Gasteiger partial charge is 0.489 e. The van der Waals surface area contributed by atoms with Crippen molar-refractivity contribution in [3.8, 4) is 5.75 Å². The summed E-state index contributed by atoms with van der Waals surface area (Å²) in [4.78, 5) is 4.04. The lowest BCUT2D eigenvalue weighted by Gasteiger charge is -2.15. The van der Waals surface area contributed by atoms with Crippen LogP contribution < -0.4 is 10.1 Å². The van der Waals surface area contributed by atoms with Crippen LogP contribution in [0.3, 0.4) is 0 Å². The highest BCUT2D eigenvalue weighted by Crippen LogP contribution is 2.19. The van der Waals surface area contributed by atoms with Crippen LogP contribution in [-0.2, 0) is 13.2 Å². The van der Waals surface area contributed by atoms with Crippen LogP contribution in [0, 0.1) is 0 Å². The van der Waals surface area contributed by atoms with Crippen molar-refractivity contribution in [3.63, 3.8) is 0 Å². The molecule has 122 valence electrons. The number of hydrogen-bond acceptors (Lipinski definition) is 3. The Balaban J connectivity index is 1.52. The zero-order chi connectivity index (χ0) is 16.6. The first-order valence-electron chi connectivity index (χ1n) is 8.20. The van der Waals surface area contributed by atoms with E-state index in [1.165, 1.54) is 16.7 Å². The first-order chi connectivity index (χ1) is 11.8. The van der Waals surface area contributed by atoms with Crippen molar-refractivity contribution in [2.75, 3.05) is 0 Å². The van der Waals surface area contributed by atoms with Gasteiger partial charge in [0.05, 0.1) is 0 Å². The standard InChI is InChI=1S/C21H22N2O/c1-17(23-15-18-11-13-22-14-12-18)20-7-9-21(10-8-20)24-16-19-5-3-2-4-6-19/h2-14,17,23H,15-16H2,1H3. The number of pyridine rings is 1. The first kappa shape index (κ1) is 16.2. The van der Waals surface area contributed by atoms with Crippen molar-refractivity contribution in [1.82, 2.24) is 10.3 Å². The van der Waals surface area contributed by atoms with Gasteiger partial charge in [-0.1, -0.05) is 42.5 Å². The molecular weight excluding hydrogens is 296 g/mol. The molecule has 24 heavy (non-hydrogen) atoms. The third-order valence-corrected chi connectivity index (χ3v) is 3.99. The van der Waals surface area contributed by atoms with Gasteiger partial charge in [-0.3, -0.25) is 4.98 Å². The van der Waals surface area contributed by atoms with Crippen LogP contribution >= 0.6 is 0 Å². The maximum Gasteiger partial charge on any atom is 0.119 e. The fourth-order valence-electron chi connectivity index (χ4n) is 2.48. The minimum absolute atomic E-state index is 0.279. The summed E-state index contributed by atoms with van der Waals surface area (Å²) in [7, 11) is 0. The third-order valence-electron chi connectivity index (χ3n) is 3.99. The van der Waals surface area contributed by atoms with Crippen LogP contribution in [0.1, 0.15) is 29.7 Å². The van der Waals surface area contributed by atoms with Crippen LogP contribution in [0.25, 0.3) is 0 Å². The molecule has 0 aliphatic heterocycles. The highest BCUT2D eigenvalue weighted by atomic mass is 16.5. The molecule has 3 aromatic rings. The molecule has 1 aromatic heterocycles. The zero-order valence-electron chi connectivity index (χ0n) is 13.9. The van der Waals surface area contributed by atoms with E-state index >= 15 is 0 Å². The van der Waals surface area contributed by atoms with Crippen LogP contribution in [-0.4, -0.2) is 4.98 Å². The molecule has 0 aliphatic rings. The Labute approximate surface area is 143 Å². The molecular formula is C21H22N2O. The Morgan fingerprint density at radius 2 is 1.58 bits per heavy atom. The Kier molecular flexibility index (Phi) is 5.59. The summed E-state index contributed by atoms with van der Waals surface area (Å²) in [6, 6.07) is 22.8. The minimum Gasteiger partial charge on any atom is -0.489 e. The molecule has 3 rings (SSSR count). The number of nitrogens with one attached hydrogen (secondary N) is 1. The Bertz CT molecular complexity index is 727. The van der Waals surface area contributed by atoms with E-state index in [0.29, 0.717) is 6.61 Å². The van der Waals surface area contributed by atoms with E-state index in [-0.39, 0.29) is 6.04 Å². The molecule has 2 aromatic carbocycles. The SMILES string of the molecule is CC(NCc1ccncc1)c1ccc(OCc2ccccc2)cc1. The number of aromatic nitrogens is 1. The van der Waals surface area contributed by atoms with Gasteiger partial charge in [-0.05, 0) is 47.9 Å². The molecule has 1 heterocycles. The van der Waals surface area contributed by atoms with E-state index in [2.05, 4.69) is 41.5 Å². The van der Waals surface area contributed by atoms with E-state index in [1.807, 2.05) is 54.9 Å². The lowest BCUT2D eigenvalue weighted by Crippen LogP contribution is -2.18. The molecule has 0 spiro atoms. The van der Waals surface area contributed by atoms with Crippen molar-refractivity contribution in [3.05, 3.63) is 95.8 Å². The monoisotopic (exact) mass is 318 g/mol. The second kappa shape index (κ2) is 8.27. The van der Waals surface area contributed by atoms with Crippen molar-refractivity contribution >= 4 is 0 Å². The number of hydrogen-bond donors (Lipinski definition) is 1. The van der Waals surface area contributed by atoms with E-state index < -0.39 is 0 Å². The molecule has 3 nitrogen and oxygen atoms in total. The van der Waals surface area contributed by atoms with Gasteiger partial charge in [-0.2, -0.15) is 0 Å². The highest BCUT2D eigenvalue weighted by molar-refractivity contribution is 5.29. The van der Waals surface area contributed by atoms with E-state index in [4.69, 9.17) is 4.74 Å². The minimum atomic E-state index is 0.279. The molecule has 0 bridgehead atoms. The molecule has 0 saturated carbocycles. The van der Waals surface area contributed by atoms with Gasteiger partial charge in [0.15, 0.2) is 0 Å². The van der Waals surface area contributed by atoms with Crippen molar-refractivity contribution in [1.29, 1.82) is 0 Å². The maximum atomic E-state index is 5.83. The number of ether oxygens (including phenoxy) is 1. The van der Waals surface area contributed by atoms with E-state index in [0.717, 1.165) is 12.3 Å². The summed E-state index contributed by atoms with van der Waals surface area (Å²) in [6.45, 7) is 3.59. The molecule has 0 amide bonds. The third kappa shape index (κ3) is 4.67.